The number of benzene rings is 2. The second-order valence-corrected chi connectivity index (χ2v) is 5.33. The van der Waals surface area contributed by atoms with Crippen LogP contribution in [-0.4, -0.2) is 24.2 Å². The topological polar surface area (TPSA) is 49.3 Å². The zero-order valence-corrected chi connectivity index (χ0v) is 12.1. The maximum Gasteiger partial charge on any atom is 0.251 e. The van der Waals surface area contributed by atoms with E-state index in [0.29, 0.717) is 22.9 Å². The first-order chi connectivity index (χ1) is 10.1. The second-order valence-electron chi connectivity index (χ2n) is 5.33. The van der Waals surface area contributed by atoms with E-state index in [4.69, 9.17) is 5.11 Å². The van der Waals surface area contributed by atoms with Crippen molar-refractivity contribution in [2.45, 2.75) is 19.8 Å². The molecule has 0 bridgehead atoms. The van der Waals surface area contributed by atoms with Crippen LogP contribution in [0.4, 0.5) is 4.39 Å². The number of hydrogen-bond acceptors (Lipinski definition) is 2. The van der Waals surface area contributed by atoms with Gasteiger partial charge in [0, 0.05) is 24.1 Å². The van der Waals surface area contributed by atoms with E-state index in [-0.39, 0.29) is 24.2 Å². The summed E-state index contributed by atoms with van der Waals surface area (Å²) in [6, 6.07) is 9.81. The van der Waals surface area contributed by atoms with Crippen molar-refractivity contribution >= 4 is 16.7 Å². The summed E-state index contributed by atoms with van der Waals surface area (Å²) in [7, 11) is 0. The van der Waals surface area contributed by atoms with Crippen LogP contribution in [-0.2, 0) is 0 Å². The molecular weight excluding hydrogens is 269 g/mol. The van der Waals surface area contributed by atoms with Gasteiger partial charge in [0.05, 0.1) is 0 Å². The molecule has 0 aliphatic carbocycles. The molecule has 2 aromatic rings. The van der Waals surface area contributed by atoms with Crippen LogP contribution in [0.2, 0.25) is 0 Å². The van der Waals surface area contributed by atoms with Gasteiger partial charge < -0.3 is 10.4 Å². The third-order valence-electron chi connectivity index (χ3n) is 3.59. The number of halogens is 1. The van der Waals surface area contributed by atoms with Crippen LogP contribution in [0.3, 0.4) is 0 Å². The van der Waals surface area contributed by atoms with Crippen molar-refractivity contribution in [1.29, 1.82) is 0 Å². The molecule has 2 aromatic carbocycles. The summed E-state index contributed by atoms with van der Waals surface area (Å²) in [6.07, 6.45) is 1.67. The number of hydrogen-bond donors (Lipinski definition) is 2. The van der Waals surface area contributed by atoms with Gasteiger partial charge in [-0.1, -0.05) is 31.2 Å². The average Bonchev–Trinajstić information content (AvgIpc) is 2.51. The fraction of sp³-hybridized carbons (Fsp3) is 0.353. The molecule has 0 radical (unpaired) electrons. The van der Waals surface area contributed by atoms with Gasteiger partial charge in [0.1, 0.15) is 5.82 Å². The monoisotopic (exact) mass is 289 g/mol. The van der Waals surface area contributed by atoms with Gasteiger partial charge >= 0.3 is 0 Å². The first-order valence-corrected chi connectivity index (χ1v) is 7.19. The highest BCUT2D eigenvalue weighted by Gasteiger charge is 2.11. The Morgan fingerprint density at radius 2 is 1.95 bits per heavy atom. The van der Waals surface area contributed by atoms with E-state index in [0.717, 1.165) is 12.8 Å². The van der Waals surface area contributed by atoms with Crippen LogP contribution in [0, 0.1) is 11.7 Å². The Bertz CT molecular complexity index is 627. The Morgan fingerprint density at radius 1 is 1.24 bits per heavy atom. The molecule has 0 spiro atoms. The van der Waals surface area contributed by atoms with Crippen molar-refractivity contribution in [2.75, 3.05) is 13.2 Å². The molecule has 0 fully saturated rings. The zero-order valence-electron chi connectivity index (χ0n) is 12.1. The van der Waals surface area contributed by atoms with Crippen molar-refractivity contribution < 1.29 is 14.3 Å². The highest BCUT2D eigenvalue weighted by Crippen LogP contribution is 2.21. The van der Waals surface area contributed by atoms with Gasteiger partial charge in [-0.2, -0.15) is 0 Å². The Hall–Kier alpha value is -1.94. The number of aliphatic hydroxyl groups excluding tert-OH is 1. The molecular formula is C17H20FNO2. The molecule has 1 unspecified atom stereocenters. The van der Waals surface area contributed by atoms with Crippen LogP contribution < -0.4 is 5.32 Å². The highest BCUT2D eigenvalue weighted by molar-refractivity contribution is 6.07. The summed E-state index contributed by atoms with van der Waals surface area (Å²) >= 11 is 0. The van der Waals surface area contributed by atoms with Crippen LogP contribution >= 0.6 is 0 Å². The summed E-state index contributed by atoms with van der Waals surface area (Å²) in [5.41, 5.74) is 0.488. The smallest absolute Gasteiger partial charge is 0.251 e. The molecule has 2 N–H and O–H groups in total. The van der Waals surface area contributed by atoms with Crippen LogP contribution in [0.15, 0.2) is 36.4 Å². The van der Waals surface area contributed by atoms with Gasteiger partial charge in [0.25, 0.3) is 5.91 Å². The van der Waals surface area contributed by atoms with Crippen molar-refractivity contribution in [3.63, 3.8) is 0 Å². The van der Waals surface area contributed by atoms with E-state index in [1.54, 1.807) is 24.3 Å². The maximum absolute atomic E-state index is 13.7. The lowest BCUT2D eigenvalue weighted by atomic mass is 10.0. The Balaban J connectivity index is 2.05. The predicted octanol–water partition coefficient (Wildman–Crippen LogP) is 3.12. The van der Waals surface area contributed by atoms with Crippen LogP contribution in [0.25, 0.3) is 10.8 Å². The molecule has 3 nitrogen and oxygen atoms in total. The molecule has 0 saturated heterocycles. The van der Waals surface area contributed by atoms with Gasteiger partial charge in [-0.25, -0.2) is 4.39 Å². The maximum atomic E-state index is 13.7. The molecule has 112 valence electrons. The normalized spacial score (nSPS) is 12.3. The highest BCUT2D eigenvalue weighted by atomic mass is 19.1. The quantitative estimate of drug-likeness (QED) is 0.803. The van der Waals surface area contributed by atoms with E-state index in [2.05, 4.69) is 5.32 Å². The van der Waals surface area contributed by atoms with Crippen LogP contribution in [0.5, 0.6) is 0 Å². The molecule has 0 heterocycles. The number of rotatable bonds is 6. The summed E-state index contributed by atoms with van der Waals surface area (Å²) in [5, 5.41) is 12.9. The molecule has 0 aliphatic rings. The fourth-order valence-electron chi connectivity index (χ4n) is 2.30. The van der Waals surface area contributed by atoms with Gasteiger partial charge in [0.15, 0.2) is 0 Å². The lowest BCUT2D eigenvalue weighted by molar-refractivity contribution is 0.0953. The lowest BCUT2D eigenvalue weighted by Crippen LogP contribution is -2.25. The largest absolute Gasteiger partial charge is 0.396 e. The van der Waals surface area contributed by atoms with Crippen molar-refractivity contribution in [3.8, 4) is 0 Å². The standard InChI is InChI=1S/C17H20FNO2/c1-12(11-20)5-4-10-19-17(21)15-8-9-16(18)14-7-3-2-6-13(14)15/h2-3,6-9,12,20H,4-5,10-11H2,1H3,(H,19,21). The minimum atomic E-state index is -0.320. The van der Waals surface area contributed by atoms with Crippen LogP contribution in [0.1, 0.15) is 30.1 Å². The van der Waals surface area contributed by atoms with Crippen molar-refractivity contribution in [3.05, 3.63) is 47.8 Å². The number of amides is 1. The second kappa shape index (κ2) is 7.18. The summed E-state index contributed by atoms with van der Waals surface area (Å²) < 4.78 is 13.7. The molecule has 2 rings (SSSR count). The fourth-order valence-corrected chi connectivity index (χ4v) is 2.30. The number of carbonyl (C=O) groups excluding carboxylic acids is 1. The van der Waals surface area contributed by atoms with E-state index in [1.807, 2.05) is 6.92 Å². The lowest BCUT2D eigenvalue weighted by Gasteiger charge is -2.10. The number of aliphatic hydroxyl groups is 1. The Labute approximate surface area is 123 Å². The zero-order chi connectivity index (χ0) is 15.2. The summed E-state index contributed by atoms with van der Waals surface area (Å²) in [5.74, 6) is -0.268. The molecule has 4 heteroatoms. The Kier molecular flexibility index (Phi) is 5.28. The van der Waals surface area contributed by atoms with E-state index in [1.165, 1.54) is 12.1 Å². The SMILES string of the molecule is CC(CO)CCCNC(=O)c1ccc(F)c2ccccc12. The van der Waals surface area contributed by atoms with Crippen molar-refractivity contribution in [2.24, 2.45) is 5.92 Å². The van der Waals surface area contributed by atoms with Gasteiger partial charge in [-0.05, 0) is 36.3 Å². The minimum absolute atomic E-state index is 0.163. The first kappa shape index (κ1) is 15.4. The minimum Gasteiger partial charge on any atom is -0.396 e. The molecule has 0 saturated carbocycles. The van der Waals surface area contributed by atoms with Gasteiger partial charge in [-0.15, -0.1) is 0 Å². The summed E-state index contributed by atoms with van der Waals surface area (Å²) in [4.78, 5) is 12.2. The third kappa shape index (κ3) is 3.79. The van der Waals surface area contributed by atoms with Crippen molar-refractivity contribution in [1.82, 2.24) is 5.32 Å². The van der Waals surface area contributed by atoms with E-state index < -0.39 is 0 Å². The third-order valence-corrected chi connectivity index (χ3v) is 3.59. The molecule has 0 aromatic heterocycles. The molecule has 0 aliphatic heterocycles. The number of carbonyl (C=O) groups is 1. The van der Waals surface area contributed by atoms with Gasteiger partial charge in [-0.3, -0.25) is 4.79 Å². The number of nitrogens with one attached hydrogen (secondary N) is 1. The van der Waals surface area contributed by atoms with E-state index in [9.17, 15) is 9.18 Å². The molecule has 1 atom stereocenters. The average molecular weight is 289 g/mol. The summed E-state index contributed by atoms with van der Waals surface area (Å²) in [6.45, 7) is 2.68. The molecule has 21 heavy (non-hydrogen) atoms. The van der Waals surface area contributed by atoms with Gasteiger partial charge in [0.2, 0.25) is 0 Å². The predicted molar refractivity (Wildman–Crippen MR) is 81.7 cm³/mol. The van der Waals surface area contributed by atoms with E-state index >= 15 is 0 Å². The number of fused-ring (bicyclic) bond motifs is 1. The Morgan fingerprint density at radius 3 is 2.67 bits per heavy atom. The first-order valence-electron chi connectivity index (χ1n) is 7.19. The molecule has 1 amide bonds.